The monoisotopic (exact) mass is 457 g/mol. The van der Waals surface area contributed by atoms with Crippen molar-refractivity contribution in [3.63, 3.8) is 0 Å². The second kappa shape index (κ2) is 8.02. The van der Waals surface area contributed by atoms with E-state index in [1.165, 1.54) is 24.3 Å². The molecular weight excluding hydrogens is 436 g/mol. The lowest BCUT2D eigenvalue weighted by Crippen LogP contribution is -2.04. The quantitative estimate of drug-likeness (QED) is 0.309. The highest BCUT2D eigenvalue weighted by atomic mass is 19.1. The topological polar surface area (TPSA) is 78.9 Å². The maximum Gasteiger partial charge on any atom is 0.338 e. The van der Waals surface area contributed by atoms with Gasteiger partial charge in [-0.3, -0.25) is 5.10 Å². The van der Waals surface area contributed by atoms with Gasteiger partial charge in [0, 0.05) is 21.9 Å². The average Bonchev–Trinajstić information content (AvgIpc) is 3.27. The van der Waals surface area contributed by atoms with Crippen molar-refractivity contribution in [3.8, 4) is 22.4 Å². The highest BCUT2D eigenvalue weighted by Crippen LogP contribution is 2.43. The van der Waals surface area contributed by atoms with Crippen LogP contribution in [0, 0.1) is 18.6 Å². The zero-order valence-corrected chi connectivity index (χ0v) is 18.8. The van der Waals surface area contributed by atoms with Crippen molar-refractivity contribution >= 4 is 27.8 Å². The van der Waals surface area contributed by atoms with E-state index < -0.39 is 17.3 Å². The first kappa shape index (κ1) is 21.7. The van der Waals surface area contributed by atoms with Gasteiger partial charge < -0.3 is 5.11 Å². The fraction of sp³-hybridized carbons (Fsp3) is 0.148. The van der Waals surface area contributed by atoms with Crippen molar-refractivity contribution in [2.24, 2.45) is 0 Å². The number of fused-ring (bicyclic) bond motifs is 2. The van der Waals surface area contributed by atoms with Gasteiger partial charge in [-0.05, 0) is 59.9 Å². The van der Waals surface area contributed by atoms with Crippen molar-refractivity contribution in [2.75, 3.05) is 0 Å². The zero-order valence-electron chi connectivity index (χ0n) is 18.8. The molecule has 2 heterocycles. The number of H-pyrrole nitrogens is 1. The fourth-order valence-corrected chi connectivity index (χ4v) is 4.57. The Kier molecular flexibility index (Phi) is 5.12. The number of benzene rings is 3. The zero-order chi connectivity index (χ0) is 24.1. The molecule has 170 valence electrons. The van der Waals surface area contributed by atoms with Gasteiger partial charge in [0.1, 0.15) is 11.6 Å². The Morgan fingerprint density at radius 3 is 2.38 bits per heavy atom. The first-order chi connectivity index (χ1) is 16.3. The van der Waals surface area contributed by atoms with Crippen LogP contribution in [-0.4, -0.2) is 26.3 Å². The number of aromatic nitrogens is 3. The van der Waals surface area contributed by atoms with Crippen LogP contribution in [0.5, 0.6) is 0 Å². The number of carboxylic acid groups (broad SMARTS) is 1. The number of aromatic carboxylic acids is 1. The number of aryl methyl sites for hydroxylation is 1. The van der Waals surface area contributed by atoms with E-state index in [2.05, 4.69) is 10.2 Å². The predicted molar refractivity (Wildman–Crippen MR) is 128 cm³/mol. The van der Waals surface area contributed by atoms with Crippen LogP contribution in [0.2, 0.25) is 0 Å². The van der Waals surface area contributed by atoms with Gasteiger partial charge >= 0.3 is 5.97 Å². The smallest absolute Gasteiger partial charge is 0.338 e. The van der Waals surface area contributed by atoms with Crippen molar-refractivity contribution in [3.05, 3.63) is 83.1 Å². The third-order valence-corrected chi connectivity index (χ3v) is 6.15. The van der Waals surface area contributed by atoms with E-state index in [-0.39, 0.29) is 11.7 Å². The first-order valence-corrected chi connectivity index (χ1v) is 10.9. The Morgan fingerprint density at radius 1 is 1.03 bits per heavy atom. The number of hydrogen-bond acceptors (Lipinski definition) is 3. The number of aromatic amines is 1. The molecule has 0 spiro atoms. The van der Waals surface area contributed by atoms with Crippen LogP contribution in [0.3, 0.4) is 0 Å². The third-order valence-electron chi connectivity index (χ3n) is 6.15. The minimum absolute atomic E-state index is 0.0190. The molecule has 0 fully saturated rings. The van der Waals surface area contributed by atoms with E-state index in [0.29, 0.717) is 16.8 Å². The lowest BCUT2D eigenvalue weighted by atomic mass is 9.85. The summed E-state index contributed by atoms with van der Waals surface area (Å²) in [6.45, 7) is 5.98. The summed E-state index contributed by atoms with van der Waals surface area (Å²) in [6.07, 6.45) is 1.75. The maximum atomic E-state index is 14.7. The van der Waals surface area contributed by atoms with Gasteiger partial charge in [-0.25, -0.2) is 18.6 Å². The largest absolute Gasteiger partial charge is 0.478 e. The number of hydrogen-bond donors (Lipinski definition) is 2. The Hall–Kier alpha value is -4.13. The SMILES string of the molecule is Cc1c2nc(-c3ccc(C(=O)O)c(F)c3)c(C(C)C)c(-c3ccc(F)cc3)c2cc2cn[nH]c12. The molecule has 2 N–H and O–H groups in total. The number of halogens is 2. The molecule has 0 aliphatic heterocycles. The van der Waals surface area contributed by atoms with Crippen molar-refractivity contribution in [2.45, 2.75) is 26.7 Å². The van der Waals surface area contributed by atoms with Crippen LogP contribution in [0.4, 0.5) is 8.78 Å². The standard InChI is InChI=1S/C27H21F2N3O2/c1-13(2)22-23(15-4-7-18(28)8-5-15)20-10-17-12-30-32-24(17)14(3)25(20)31-26(22)16-6-9-19(27(33)34)21(29)11-16/h4-13H,1-3H3,(H,30,32)(H,33,34). The normalized spacial score (nSPS) is 11.6. The van der Waals surface area contributed by atoms with Crippen LogP contribution >= 0.6 is 0 Å². The second-order valence-corrected chi connectivity index (χ2v) is 8.64. The summed E-state index contributed by atoms with van der Waals surface area (Å²) in [6, 6.07) is 12.3. The Labute approximate surface area is 194 Å². The lowest BCUT2D eigenvalue weighted by Gasteiger charge is -2.21. The molecule has 0 atom stereocenters. The molecule has 0 saturated heterocycles. The lowest BCUT2D eigenvalue weighted by molar-refractivity contribution is 0.0692. The highest BCUT2D eigenvalue weighted by molar-refractivity contribution is 6.07. The summed E-state index contributed by atoms with van der Waals surface area (Å²) < 4.78 is 28.5. The number of carbonyl (C=O) groups is 1. The van der Waals surface area contributed by atoms with Crippen LogP contribution in [0.15, 0.2) is 54.7 Å². The van der Waals surface area contributed by atoms with Crippen molar-refractivity contribution in [1.29, 1.82) is 0 Å². The molecule has 0 bridgehead atoms. The molecule has 5 aromatic rings. The highest BCUT2D eigenvalue weighted by Gasteiger charge is 2.23. The fourth-order valence-electron chi connectivity index (χ4n) is 4.57. The molecule has 0 unspecified atom stereocenters. The number of rotatable bonds is 4. The third kappa shape index (κ3) is 3.41. The van der Waals surface area contributed by atoms with Crippen molar-refractivity contribution < 1.29 is 18.7 Å². The summed E-state index contributed by atoms with van der Waals surface area (Å²) in [4.78, 5) is 16.3. The molecule has 34 heavy (non-hydrogen) atoms. The molecule has 0 aliphatic carbocycles. The van der Waals surface area contributed by atoms with Crippen molar-refractivity contribution in [1.82, 2.24) is 15.2 Å². The van der Waals surface area contributed by atoms with Gasteiger partial charge in [0.15, 0.2) is 0 Å². The first-order valence-electron chi connectivity index (χ1n) is 10.9. The predicted octanol–water partition coefficient (Wildman–Crippen LogP) is 6.85. The Balaban J connectivity index is 1.95. The Bertz CT molecular complexity index is 1590. The van der Waals surface area contributed by atoms with Crippen LogP contribution in [0.25, 0.3) is 44.2 Å². The van der Waals surface area contributed by atoms with Gasteiger partial charge in [-0.1, -0.05) is 32.0 Å². The molecule has 5 nitrogen and oxygen atoms in total. The Morgan fingerprint density at radius 2 is 1.74 bits per heavy atom. The molecule has 0 radical (unpaired) electrons. The molecule has 3 aromatic carbocycles. The number of nitrogens with zero attached hydrogens (tertiary/aromatic N) is 2. The second-order valence-electron chi connectivity index (χ2n) is 8.64. The van der Waals surface area contributed by atoms with Gasteiger partial charge in [-0.2, -0.15) is 5.10 Å². The number of pyridine rings is 1. The summed E-state index contributed by atoms with van der Waals surface area (Å²) >= 11 is 0. The minimum atomic E-state index is -1.33. The van der Waals surface area contributed by atoms with Gasteiger partial charge in [0.05, 0.1) is 28.5 Å². The van der Waals surface area contributed by atoms with Gasteiger partial charge in [0.2, 0.25) is 0 Å². The molecule has 0 aliphatic rings. The number of carboxylic acids is 1. The average molecular weight is 457 g/mol. The van der Waals surface area contributed by atoms with Crippen LogP contribution < -0.4 is 0 Å². The maximum absolute atomic E-state index is 14.7. The van der Waals surface area contributed by atoms with Gasteiger partial charge in [-0.15, -0.1) is 0 Å². The van der Waals surface area contributed by atoms with Gasteiger partial charge in [0.25, 0.3) is 0 Å². The van der Waals surface area contributed by atoms with E-state index >= 15 is 0 Å². The van der Waals surface area contributed by atoms with E-state index in [4.69, 9.17) is 4.98 Å². The van der Waals surface area contributed by atoms with E-state index in [1.54, 1.807) is 24.4 Å². The van der Waals surface area contributed by atoms with Crippen LogP contribution in [-0.2, 0) is 0 Å². The molecule has 0 saturated carbocycles. The van der Waals surface area contributed by atoms with E-state index in [1.807, 2.05) is 26.8 Å². The summed E-state index contributed by atoms with van der Waals surface area (Å²) in [5.74, 6) is -2.52. The summed E-state index contributed by atoms with van der Waals surface area (Å²) in [5, 5.41) is 18.2. The molecule has 2 aromatic heterocycles. The summed E-state index contributed by atoms with van der Waals surface area (Å²) in [5.41, 5.74) is 5.62. The van der Waals surface area contributed by atoms with Crippen LogP contribution in [0.1, 0.15) is 41.3 Å². The molecule has 5 rings (SSSR count). The summed E-state index contributed by atoms with van der Waals surface area (Å²) in [7, 11) is 0. The number of nitrogens with one attached hydrogen (secondary N) is 1. The van der Waals surface area contributed by atoms with E-state index in [0.717, 1.165) is 38.5 Å². The molecule has 0 amide bonds. The van der Waals surface area contributed by atoms with E-state index in [9.17, 15) is 18.7 Å². The molecule has 7 heteroatoms. The molecular formula is C27H21F2N3O2. The minimum Gasteiger partial charge on any atom is -0.478 e.